The maximum Gasteiger partial charge on any atom is 0.192 e. The van der Waals surface area contributed by atoms with Gasteiger partial charge in [0.2, 0.25) is 0 Å². The smallest absolute Gasteiger partial charge is 0.192 e. The maximum absolute atomic E-state index is 13.0. The van der Waals surface area contributed by atoms with Crippen LogP contribution in [0.5, 0.6) is 17.2 Å². The number of carbonyl (C=O) groups is 1. The van der Waals surface area contributed by atoms with E-state index in [4.69, 9.17) is 4.74 Å². The third-order valence-corrected chi connectivity index (χ3v) is 4.74. The molecular weight excluding hydrogens is 292 g/mol. The van der Waals surface area contributed by atoms with Gasteiger partial charge in [0.25, 0.3) is 0 Å². The zero-order valence-electron chi connectivity index (χ0n) is 12.7. The SMILES string of the molecule is O=C1Cc2ccc(O)cc2OC1(CC1CC1)c1ccc(O)cc1. The van der Waals surface area contributed by atoms with E-state index in [1.807, 2.05) is 0 Å². The molecule has 1 aliphatic heterocycles. The van der Waals surface area contributed by atoms with Gasteiger partial charge in [-0.2, -0.15) is 0 Å². The summed E-state index contributed by atoms with van der Waals surface area (Å²) >= 11 is 0. The highest BCUT2D eigenvalue weighted by atomic mass is 16.5. The average Bonchev–Trinajstić information content (AvgIpc) is 3.33. The minimum absolute atomic E-state index is 0.0354. The van der Waals surface area contributed by atoms with Crippen LogP contribution in [0.15, 0.2) is 42.5 Å². The summed E-state index contributed by atoms with van der Waals surface area (Å²) < 4.78 is 6.20. The molecule has 0 amide bonds. The molecule has 2 aromatic carbocycles. The number of hydrogen-bond acceptors (Lipinski definition) is 4. The minimum atomic E-state index is -1.02. The summed E-state index contributed by atoms with van der Waals surface area (Å²) in [6.45, 7) is 0. The summed E-state index contributed by atoms with van der Waals surface area (Å²) in [6.07, 6.45) is 3.17. The van der Waals surface area contributed by atoms with Crippen LogP contribution in [0.3, 0.4) is 0 Å². The van der Waals surface area contributed by atoms with Crippen molar-refractivity contribution >= 4 is 5.78 Å². The molecule has 4 nitrogen and oxygen atoms in total. The molecule has 0 aromatic heterocycles. The first-order valence-electron chi connectivity index (χ1n) is 7.90. The predicted octanol–water partition coefficient (Wildman–Crippen LogP) is 3.30. The Balaban J connectivity index is 1.81. The van der Waals surface area contributed by atoms with Crippen LogP contribution >= 0.6 is 0 Å². The number of rotatable bonds is 3. The average molecular weight is 310 g/mol. The third kappa shape index (κ3) is 2.44. The molecule has 1 fully saturated rings. The summed E-state index contributed by atoms with van der Waals surface area (Å²) in [7, 11) is 0. The maximum atomic E-state index is 13.0. The van der Waals surface area contributed by atoms with Crippen molar-refractivity contribution in [3.05, 3.63) is 53.6 Å². The molecule has 4 heteroatoms. The molecule has 23 heavy (non-hydrogen) atoms. The molecule has 0 spiro atoms. The molecule has 0 bridgehead atoms. The Bertz CT molecular complexity index is 761. The molecular formula is C19H18O4. The van der Waals surface area contributed by atoms with Crippen LogP contribution in [0.25, 0.3) is 0 Å². The van der Waals surface area contributed by atoms with Crippen molar-refractivity contribution in [3.8, 4) is 17.2 Å². The minimum Gasteiger partial charge on any atom is -0.508 e. The number of hydrogen-bond donors (Lipinski definition) is 2. The van der Waals surface area contributed by atoms with Gasteiger partial charge < -0.3 is 14.9 Å². The highest BCUT2D eigenvalue weighted by Gasteiger charge is 2.48. The summed E-state index contributed by atoms with van der Waals surface area (Å²) in [5, 5.41) is 19.3. The van der Waals surface area contributed by atoms with Crippen molar-refractivity contribution in [2.75, 3.05) is 0 Å². The lowest BCUT2D eigenvalue weighted by Gasteiger charge is -2.38. The first-order valence-corrected chi connectivity index (χ1v) is 7.90. The highest BCUT2D eigenvalue weighted by Crippen LogP contribution is 2.47. The highest BCUT2D eigenvalue weighted by molar-refractivity contribution is 5.92. The zero-order valence-corrected chi connectivity index (χ0v) is 12.7. The van der Waals surface area contributed by atoms with Gasteiger partial charge in [-0.1, -0.05) is 31.0 Å². The first-order chi connectivity index (χ1) is 11.1. The number of phenols is 2. The monoisotopic (exact) mass is 310 g/mol. The normalized spacial score (nSPS) is 23.2. The van der Waals surface area contributed by atoms with Gasteiger partial charge in [-0.05, 0) is 24.1 Å². The fourth-order valence-corrected chi connectivity index (χ4v) is 3.30. The van der Waals surface area contributed by atoms with Crippen LogP contribution in [0.1, 0.15) is 30.4 Å². The van der Waals surface area contributed by atoms with Crippen molar-refractivity contribution in [1.29, 1.82) is 0 Å². The second-order valence-corrected chi connectivity index (χ2v) is 6.52. The van der Waals surface area contributed by atoms with Gasteiger partial charge in [0, 0.05) is 30.0 Å². The second-order valence-electron chi connectivity index (χ2n) is 6.52. The summed E-state index contributed by atoms with van der Waals surface area (Å²) in [5.41, 5.74) is 0.551. The van der Waals surface area contributed by atoms with Gasteiger partial charge in [-0.3, -0.25) is 4.79 Å². The molecule has 2 aromatic rings. The first kappa shape index (κ1) is 14.1. The van der Waals surface area contributed by atoms with Crippen LogP contribution in [-0.2, 0) is 16.8 Å². The van der Waals surface area contributed by atoms with Gasteiger partial charge in [0.05, 0.1) is 0 Å². The Morgan fingerprint density at radius 1 is 1.04 bits per heavy atom. The van der Waals surface area contributed by atoms with E-state index < -0.39 is 5.60 Å². The van der Waals surface area contributed by atoms with Crippen LogP contribution < -0.4 is 4.74 Å². The molecule has 0 radical (unpaired) electrons. The van der Waals surface area contributed by atoms with Gasteiger partial charge in [0.1, 0.15) is 17.2 Å². The van der Waals surface area contributed by atoms with Crippen LogP contribution in [0.2, 0.25) is 0 Å². The van der Waals surface area contributed by atoms with E-state index >= 15 is 0 Å². The Kier molecular flexibility index (Phi) is 3.08. The molecule has 1 unspecified atom stereocenters. The fraction of sp³-hybridized carbons (Fsp3) is 0.316. The second kappa shape index (κ2) is 5.01. The van der Waals surface area contributed by atoms with E-state index in [0.29, 0.717) is 24.5 Å². The predicted molar refractivity (Wildman–Crippen MR) is 84.6 cm³/mol. The number of ketones is 1. The Labute approximate surface area is 134 Å². The zero-order chi connectivity index (χ0) is 16.0. The van der Waals surface area contributed by atoms with Gasteiger partial charge >= 0.3 is 0 Å². The lowest BCUT2D eigenvalue weighted by molar-refractivity contribution is -0.138. The van der Waals surface area contributed by atoms with Crippen LogP contribution in [-0.4, -0.2) is 16.0 Å². The third-order valence-electron chi connectivity index (χ3n) is 4.74. The summed E-state index contributed by atoms with van der Waals surface area (Å²) in [5.74, 6) is 1.39. The number of aromatic hydroxyl groups is 2. The Hall–Kier alpha value is -2.49. The van der Waals surface area contributed by atoms with Crippen molar-refractivity contribution < 1.29 is 19.7 Å². The summed E-state index contributed by atoms with van der Waals surface area (Å²) in [4.78, 5) is 13.0. The number of ether oxygens (including phenoxy) is 1. The summed E-state index contributed by atoms with van der Waals surface area (Å²) in [6, 6.07) is 11.6. The Morgan fingerprint density at radius 3 is 2.43 bits per heavy atom. The number of benzene rings is 2. The standard InChI is InChI=1S/C19H18O4/c20-15-7-4-14(5-8-15)19(11-12-1-2-12)18(22)9-13-3-6-16(21)10-17(13)23-19/h3-8,10,12,20-21H,1-2,9,11H2. The molecule has 1 aliphatic carbocycles. The molecule has 4 rings (SSSR count). The Morgan fingerprint density at radius 2 is 1.74 bits per heavy atom. The molecule has 1 saturated carbocycles. The quantitative estimate of drug-likeness (QED) is 0.913. The van der Waals surface area contributed by atoms with E-state index in [0.717, 1.165) is 24.0 Å². The lowest BCUT2D eigenvalue weighted by Crippen LogP contribution is -2.46. The van der Waals surface area contributed by atoms with Crippen LogP contribution in [0.4, 0.5) is 0 Å². The molecule has 118 valence electrons. The number of Topliss-reactive ketones (excluding diaryl/α,β-unsaturated/α-hetero) is 1. The van der Waals surface area contributed by atoms with E-state index in [-0.39, 0.29) is 17.3 Å². The molecule has 2 aliphatic rings. The fourth-order valence-electron chi connectivity index (χ4n) is 3.30. The van der Waals surface area contributed by atoms with Gasteiger partial charge in [-0.25, -0.2) is 0 Å². The number of carbonyl (C=O) groups excluding carboxylic acids is 1. The lowest BCUT2D eigenvalue weighted by atomic mass is 9.80. The van der Waals surface area contributed by atoms with Gasteiger partial charge in [-0.15, -0.1) is 0 Å². The van der Waals surface area contributed by atoms with Crippen molar-refractivity contribution in [3.63, 3.8) is 0 Å². The topological polar surface area (TPSA) is 66.8 Å². The molecule has 1 atom stereocenters. The number of fused-ring (bicyclic) bond motifs is 1. The van der Waals surface area contributed by atoms with Crippen LogP contribution in [0, 0.1) is 5.92 Å². The van der Waals surface area contributed by atoms with E-state index in [1.165, 1.54) is 0 Å². The van der Waals surface area contributed by atoms with Crippen molar-refractivity contribution in [2.45, 2.75) is 31.3 Å². The molecule has 0 saturated heterocycles. The molecule has 2 N–H and O–H groups in total. The van der Waals surface area contributed by atoms with Crippen molar-refractivity contribution in [2.24, 2.45) is 5.92 Å². The largest absolute Gasteiger partial charge is 0.508 e. The molecule has 1 heterocycles. The van der Waals surface area contributed by atoms with Gasteiger partial charge in [0.15, 0.2) is 11.4 Å². The van der Waals surface area contributed by atoms with E-state index in [1.54, 1.807) is 42.5 Å². The van der Waals surface area contributed by atoms with Crippen molar-refractivity contribution in [1.82, 2.24) is 0 Å². The number of phenolic OH excluding ortho intramolecular Hbond substituents is 2. The van der Waals surface area contributed by atoms with E-state index in [2.05, 4.69) is 0 Å². The van der Waals surface area contributed by atoms with E-state index in [9.17, 15) is 15.0 Å².